The van der Waals surface area contributed by atoms with E-state index in [4.69, 9.17) is 5.73 Å². The van der Waals surface area contributed by atoms with Crippen LogP contribution in [0.4, 0.5) is 15.8 Å². The van der Waals surface area contributed by atoms with Crippen molar-refractivity contribution in [3.63, 3.8) is 0 Å². The summed E-state index contributed by atoms with van der Waals surface area (Å²) >= 11 is 0. The molecule has 1 heterocycles. The van der Waals surface area contributed by atoms with Gasteiger partial charge in [-0.3, -0.25) is 14.5 Å². The van der Waals surface area contributed by atoms with Crippen molar-refractivity contribution in [3.05, 3.63) is 59.9 Å². The monoisotopic (exact) mass is 384 g/mol. The molecular weight excluding hydrogens is 359 g/mol. The van der Waals surface area contributed by atoms with Gasteiger partial charge in [-0.1, -0.05) is 18.2 Å². The summed E-state index contributed by atoms with van der Waals surface area (Å²) in [5.74, 6) is -0.377. The fourth-order valence-electron chi connectivity index (χ4n) is 3.25. The first-order chi connectivity index (χ1) is 13.5. The number of carbonyl (C=O) groups excluding carboxylic acids is 2. The number of nitrogens with two attached hydrogens (primary N) is 1. The number of amides is 2. The van der Waals surface area contributed by atoms with Crippen molar-refractivity contribution in [1.29, 1.82) is 0 Å². The Morgan fingerprint density at radius 1 is 1.00 bits per heavy atom. The van der Waals surface area contributed by atoms with E-state index in [0.717, 1.165) is 5.56 Å². The number of anilines is 2. The maximum Gasteiger partial charge on any atom is 0.238 e. The number of carbonyl (C=O) groups is 2. The predicted octanol–water partition coefficient (Wildman–Crippen LogP) is 2.12. The molecule has 0 spiro atoms. The van der Waals surface area contributed by atoms with Gasteiger partial charge >= 0.3 is 0 Å². The van der Waals surface area contributed by atoms with Crippen molar-refractivity contribution in [2.75, 3.05) is 43.8 Å². The first-order valence-corrected chi connectivity index (χ1v) is 9.40. The molecule has 1 fully saturated rings. The summed E-state index contributed by atoms with van der Waals surface area (Å²) in [7, 11) is 0. The molecule has 1 aliphatic heterocycles. The Hall–Kier alpha value is -2.93. The number of hydrogen-bond acceptors (Lipinski definition) is 4. The van der Waals surface area contributed by atoms with E-state index in [-0.39, 0.29) is 24.2 Å². The van der Waals surface area contributed by atoms with Crippen LogP contribution in [0.15, 0.2) is 48.5 Å². The summed E-state index contributed by atoms with van der Waals surface area (Å²) in [6.45, 7) is 2.76. The Labute approximate surface area is 164 Å². The minimum absolute atomic E-state index is 0.110. The molecule has 2 aromatic rings. The highest BCUT2D eigenvalue weighted by Gasteiger charge is 2.22. The Morgan fingerprint density at radius 3 is 2.36 bits per heavy atom. The van der Waals surface area contributed by atoms with Gasteiger partial charge in [0.15, 0.2) is 0 Å². The molecule has 148 valence electrons. The van der Waals surface area contributed by atoms with E-state index in [1.165, 1.54) is 24.3 Å². The molecule has 0 aromatic heterocycles. The van der Waals surface area contributed by atoms with E-state index < -0.39 is 0 Å². The third kappa shape index (κ3) is 5.53. The average Bonchev–Trinajstić information content (AvgIpc) is 2.69. The molecule has 6 nitrogen and oxygen atoms in total. The van der Waals surface area contributed by atoms with Crippen LogP contribution in [0.2, 0.25) is 0 Å². The maximum atomic E-state index is 12.9. The van der Waals surface area contributed by atoms with Gasteiger partial charge in [-0.2, -0.15) is 0 Å². The van der Waals surface area contributed by atoms with E-state index in [2.05, 4.69) is 5.32 Å². The molecule has 7 heteroatoms. The highest BCUT2D eigenvalue weighted by Crippen LogP contribution is 2.14. The largest absolute Gasteiger partial charge is 0.399 e. The Bertz CT molecular complexity index is 817. The highest BCUT2D eigenvalue weighted by molar-refractivity contribution is 5.92. The van der Waals surface area contributed by atoms with Gasteiger partial charge in [0.05, 0.1) is 6.54 Å². The molecule has 0 bridgehead atoms. The van der Waals surface area contributed by atoms with Crippen molar-refractivity contribution in [3.8, 4) is 0 Å². The maximum absolute atomic E-state index is 12.9. The molecule has 1 aliphatic rings. The lowest BCUT2D eigenvalue weighted by Gasteiger charge is -2.34. The Balaban J connectivity index is 1.40. The fourth-order valence-corrected chi connectivity index (χ4v) is 3.25. The molecule has 2 aromatic carbocycles. The van der Waals surface area contributed by atoms with Crippen molar-refractivity contribution in [1.82, 2.24) is 9.80 Å². The molecule has 0 radical (unpaired) electrons. The number of rotatable bonds is 6. The molecular formula is C21H25FN4O2. The fraction of sp³-hybridized carbons (Fsp3) is 0.333. The van der Waals surface area contributed by atoms with Gasteiger partial charge in [0.1, 0.15) is 5.82 Å². The van der Waals surface area contributed by atoms with Crippen LogP contribution < -0.4 is 11.1 Å². The van der Waals surface area contributed by atoms with Crippen LogP contribution >= 0.6 is 0 Å². The van der Waals surface area contributed by atoms with Crippen LogP contribution in [-0.4, -0.2) is 54.3 Å². The van der Waals surface area contributed by atoms with E-state index in [1.807, 2.05) is 34.1 Å². The summed E-state index contributed by atoms with van der Waals surface area (Å²) < 4.78 is 12.9. The zero-order valence-corrected chi connectivity index (χ0v) is 15.7. The second-order valence-electron chi connectivity index (χ2n) is 6.91. The van der Waals surface area contributed by atoms with Crippen LogP contribution in [0.3, 0.4) is 0 Å². The van der Waals surface area contributed by atoms with Crippen molar-refractivity contribution >= 4 is 23.2 Å². The third-order valence-electron chi connectivity index (χ3n) is 4.88. The Morgan fingerprint density at radius 2 is 1.68 bits per heavy atom. The molecule has 0 unspecified atom stereocenters. The van der Waals surface area contributed by atoms with E-state index in [9.17, 15) is 14.0 Å². The Kier molecular flexibility index (Phi) is 6.60. The first-order valence-electron chi connectivity index (χ1n) is 9.40. The summed E-state index contributed by atoms with van der Waals surface area (Å²) in [5.41, 5.74) is 8.20. The second kappa shape index (κ2) is 9.32. The lowest BCUT2D eigenvalue weighted by Crippen LogP contribution is -2.50. The van der Waals surface area contributed by atoms with Crippen LogP contribution in [0.5, 0.6) is 0 Å². The summed E-state index contributed by atoms with van der Waals surface area (Å²) in [6.07, 6.45) is 1.06. The number of nitrogens with zero attached hydrogens (tertiary/aromatic N) is 2. The summed E-state index contributed by atoms with van der Waals surface area (Å²) in [4.78, 5) is 28.4. The van der Waals surface area contributed by atoms with Gasteiger partial charge in [-0.25, -0.2) is 4.39 Å². The molecule has 0 aliphatic carbocycles. The molecule has 0 atom stereocenters. The number of nitrogen functional groups attached to an aromatic ring is 1. The number of piperazine rings is 1. The van der Waals surface area contributed by atoms with Crippen molar-refractivity contribution < 1.29 is 14.0 Å². The highest BCUT2D eigenvalue weighted by atomic mass is 19.1. The number of hydrogen-bond donors (Lipinski definition) is 2. The van der Waals surface area contributed by atoms with Crippen LogP contribution in [-0.2, 0) is 16.0 Å². The number of nitrogens with one attached hydrogen (secondary N) is 1. The predicted molar refractivity (Wildman–Crippen MR) is 107 cm³/mol. The van der Waals surface area contributed by atoms with Crippen molar-refractivity contribution in [2.45, 2.75) is 12.8 Å². The molecule has 28 heavy (non-hydrogen) atoms. The van der Waals surface area contributed by atoms with Gasteiger partial charge in [0.2, 0.25) is 11.8 Å². The minimum atomic E-state index is -0.339. The molecule has 0 saturated carbocycles. The smallest absolute Gasteiger partial charge is 0.238 e. The SMILES string of the molecule is Nc1ccccc1CCC(=O)N1CCN(CC(=O)Nc2ccc(F)cc2)CC1. The standard InChI is InChI=1S/C21H25FN4O2/c22-17-6-8-18(9-7-17)24-20(27)15-25-11-13-26(14-12-25)21(28)10-5-16-3-1-2-4-19(16)23/h1-4,6-9H,5,10-15,23H2,(H,24,27). The van der Waals surface area contributed by atoms with Crippen LogP contribution in [0.25, 0.3) is 0 Å². The first kappa shape index (κ1) is 19.8. The van der Waals surface area contributed by atoms with Gasteiger partial charge in [0.25, 0.3) is 0 Å². The van der Waals surface area contributed by atoms with Crippen molar-refractivity contribution in [2.24, 2.45) is 0 Å². The summed E-state index contributed by atoms with van der Waals surface area (Å²) in [5, 5.41) is 2.75. The van der Waals surface area contributed by atoms with E-state index >= 15 is 0 Å². The lowest BCUT2D eigenvalue weighted by atomic mass is 10.1. The zero-order valence-electron chi connectivity index (χ0n) is 15.7. The molecule has 3 N–H and O–H groups in total. The van der Waals surface area contributed by atoms with E-state index in [0.29, 0.717) is 50.4 Å². The normalized spacial score (nSPS) is 14.7. The second-order valence-corrected chi connectivity index (χ2v) is 6.91. The van der Waals surface area contributed by atoms with Crippen LogP contribution in [0.1, 0.15) is 12.0 Å². The topological polar surface area (TPSA) is 78.7 Å². The third-order valence-corrected chi connectivity index (χ3v) is 4.88. The lowest BCUT2D eigenvalue weighted by molar-refractivity contribution is -0.133. The van der Waals surface area contributed by atoms with Gasteiger partial charge in [-0.15, -0.1) is 0 Å². The molecule has 2 amide bonds. The number of halogens is 1. The van der Waals surface area contributed by atoms with Crippen LogP contribution in [0, 0.1) is 5.82 Å². The average molecular weight is 384 g/mol. The summed E-state index contributed by atoms with van der Waals surface area (Å²) in [6, 6.07) is 13.3. The number of benzene rings is 2. The molecule has 3 rings (SSSR count). The van der Waals surface area contributed by atoms with Gasteiger partial charge in [-0.05, 0) is 42.3 Å². The number of aryl methyl sites for hydroxylation is 1. The number of para-hydroxylation sites is 1. The minimum Gasteiger partial charge on any atom is -0.399 e. The van der Waals surface area contributed by atoms with E-state index in [1.54, 1.807) is 0 Å². The van der Waals surface area contributed by atoms with Gasteiger partial charge in [0, 0.05) is 44.0 Å². The zero-order chi connectivity index (χ0) is 19.9. The van der Waals surface area contributed by atoms with Gasteiger partial charge < -0.3 is 16.0 Å². The molecule has 1 saturated heterocycles. The quantitative estimate of drug-likeness (QED) is 0.748.